The van der Waals surface area contributed by atoms with Crippen molar-refractivity contribution >= 4 is 35.1 Å². The number of halogens is 1. The second kappa shape index (κ2) is 7.48. The van der Waals surface area contributed by atoms with E-state index in [4.69, 9.17) is 5.73 Å². The number of nitrogens with two attached hydrogens (primary N) is 1. The van der Waals surface area contributed by atoms with Crippen molar-refractivity contribution in [2.75, 3.05) is 6.54 Å². The Kier molecular flexibility index (Phi) is 5.63. The van der Waals surface area contributed by atoms with Crippen LogP contribution in [0.25, 0.3) is 10.9 Å². The Morgan fingerprint density at radius 1 is 1.30 bits per heavy atom. The molecule has 1 saturated carbocycles. The standard InChI is InChI=1S/C16H20N4O2.ClH/c17-13(16(22)19-9-15(21)20-11-5-6-11)7-10-8-18-14-4-2-1-3-12(10)14;/h1-4,8,11,13,18H,5-7,9,17H2,(H,19,22)(H,20,21);1H/t13-;/m0./s1. The SMILES string of the molecule is Cl.N[C@@H](Cc1c[nH]c2ccccc12)C(=O)NCC(=O)NC1CC1. The van der Waals surface area contributed by atoms with Crippen molar-refractivity contribution in [3.05, 3.63) is 36.0 Å². The first-order chi connectivity index (χ1) is 10.6. The van der Waals surface area contributed by atoms with Gasteiger partial charge in [-0.2, -0.15) is 0 Å². The van der Waals surface area contributed by atoms with Crippen molar-refractivity contribution in [1.82, 2.24) is 15.6 Å². The van der Waals surface area contributed by atoms with Crippen LogP contribution in [0.3, 0.4) is 0 Å². The molecule has 23 heavy (non-hydrogen) atoms. The van der Waals surface area contributed by atoms with Crippen molar-refractivity contribution in [2.45, 2.75) is 31.3 Å². The number of carbonyl (C=O) groups excluding carboxylic acids is 2. The minimum Gasteiger partial charge on any atom is -0.361 e. The monoisotopic (exact) mass is 336 g/mol. The van der Waals surface area contributed by atoms with Crippen LogP contribution < -0.4 is 16.4 Å². The van der Waals surface area contributed by atoms with Gasteiger partial charge in [-0.3, -0.25) is 9.59 Å². The van der Waals surface area contributed by atoms with Crippen molar-refractivity contribution in [3.8, 4) is 0 Å². The lowest BCUT2D eigenvalue weighted by atomic mass is 10.1. The number of H-pyrrole nitrogens is 1. The van der Waals surface area contributed by atoms with Crippen LogP contribution >= 0.6 is 12.4 Å². The van der Waals surface area contributed by atoms with Gasteiger partial charge in [0.1, 0.15) is 0 Å². The van der Waals surface area contributed by atoms with Gasteiger partial charge >= 0.3 is 0 Å². The number of nitrogens with one attached hydrogen (secondary N) is 3. The number of aromatic amines is 1. The van der Waals surface area contributed by atoms with Gasteiger partial charge in [-0.05, 0) is 30.9 Å². The zero-order valence-electron chi connectivity index (χ0n) is 12.7. The molecule has 0 aliphatic heterocycles. The maximum atomic E-state index is 12.0. The van der Waals surface area contributed by atoms with Gasteiger partial charge in [0.15, 0.2) is 0 Å². The Labute approximate surface area is 140 Å². The first-order valence-electron chi connectivity index (χ1n) is 7.51. The second-order valence-electron chi connectivity index (χ2n) is 5.73. The highest BCUT2D eigenvalue weighted by atomic mass is 35.5. The summed E-state index contributed by atoms with van der Waals surface area (Å²) in [7, 11) is 0. The zero-order valence-corrected chi connectivity index (χ0v) is 13.5. The lowest BCUT2D eigenvalue weighted by Crippen LogP contribution is -2.46. The number of hydrogen-bond donors (Lipinski definition) is 4. The normalized spacial score (nSPS) is 14.8. The molecular weight excluding hydrogens is 316 g/mol. The van der Waals surface area contributed by atoms with E-state index in [1.807, 2.05) is 30.5 Å². The average molecular weight is 337 g/mol. The van der Waals surface area contributed by atoms with Gasteiger partial charge in [0.2, 0.25) is 11.8 Å². The van der Waals surface area contributed by atoms with E-state index in [1.165, 1.54) is 0 Å². The van der Waals surface area contributed by atoms with Crippen LogP contribution in [0.2, 0.25) is 0 Å². The second-order valence-corrected chi connectivity index (χ2v) is 5.73. The summed E-state index contributed by atoms with van der Waals surface area (Å²) in [6.07, 6.45) is 4.36. The number of hydrogen-bond acceptors (Lipinski definition) is 3. The van der Waals surface area contributed by atoms with Crippen LogP contribution in [-0.2, 0) is 16.0 Å². The van der Waals surface area contributed by atoms with Crippen molar-refractivity contribution < 1.29 is 9.59 Å². The number of carbonyl (C=O) groups is 2. The number of fused-ring (bicyclic) bond motifs is 1. The fraction of sp³-hybridized carbons (Fsp3) is 0.375. The Bertz CT molecular complexity index is 696. The molecule has 0 saturated heterocycles. The molecule has 3 rings (SSSR count). The molecule has 1 aromatic heterocycles. The minimum atomic E-state index is -0.673. The van der Waals surface area contributed by atoms with E-state index in [-0.39, 0.29) is 30.8 Å². The highest BCUT2D eigenvalue weighted by molar-refractivity contribution is 5.89. The van der Waals surface area contributed by atoms with E-state index in [2.05, 4.69) is 15.6 Å². The summed E-state index contributed by atoms with van der Waals surface area (Å²) < 4.78 is 0. The largest absolute Gasteiger partial charge is 0.361 e. The van der Waals surface area contributed by atoms with Crippen LogP contribution in [0.1, 0.15) is 18.4 Å². The van der Waals surface area contributed by atoms with E-state index in [9.17, 15) is 9.59 Å². The van der Waals surface area contributed by atoms with Crippen LogP contribution in [-0.4, -0.2) is 35.4 Å². The van der Waals surface area contributed by atoms with Gasteiger partial charge in [0.05, 0.1) is 12.6 Å². The maximum absolute atomic E-state index is 12.0. The Balaban J connectivity index is 0.00000192. The molecule has 2 aromatic rings. The van der Waals surface area contributed by atoms with Gasteiger partial charge in [0.25, 0.3) is 0 Å². The predicted octanol–water partition coefficient (Wildman–Crippen LogP) is 0.854. The molecular formula is C16H21ClN4O2. The zero-order chi connectivity index (χ0) is 15.5. The van der Waals surface area contributed by atoms with Crippen molar-refractivity contribution in [2.24, 2.45) is 5.73 Å². The lowest BCUT2D eigenvalue weighted by molar-refractivity contribution is -0.126. The lowest BCUT2D eigenvalue weighted by Gasteiger charge is -2.12. The van der Waals surface area contributed by atoms with Crippen LogP contribution in [0.4, 0.5) is 0 Å². The highest BCUT2D eigenvalue weighted by Gasteiger charge is 2.23. The predicted molar refractivity (Wildman–Crippen MR) is 91.4 cm³/mol. The summed E-state index contributed by atoms with van der Waals surface area (Å²) in [4.78, 5) is 26.7. The molecule has 0 bridgehead atoms. The number of aromatic nitrogens is 1. The van der Waals surface area contributed by atoms with E-state index < -0.39 is 6.04 Å². The Hall–Kier alpha value is -2.05. The first kappa shape index (κ1) is 17.3. The molecule has 1 heterocycles. The van der Waals surface area contributed by atoms with Crippen LogP contribution in [0, 0.1) is 0 Å². The molecule has 1 aliphatic rings. The molecule has 2 amide bonds. The molecule has 1 aliphatic carbocycles. The van der Waals surface area contributed by atoms with Gasteiger partial charge < -0.3 is 21.4 Å². The topological polar surface area (TPSA) is 100 Å². The summed E-state index contributed by atoms with van der Waals surface area (Å²) in [6, 6.07) is 7.50. The molecule has 6 nitrogen and oxygen atoms in total. The molecule has 1 atom stereocenters. The summed E-state index contributed by atoms with van der Waals surface area (Å²) in [6.45, 7) is -0.0169. The Morgan fingerprint density at radius 3 is 2.78 bits per heavy atom. The number of amides is 2. The third-order valence-electron chi connectivity index (χ3n) is 3.82. The van der Waals surface area contributed by atoms with Gasteiger partial charge in [-0.25, -0.2) is 0 Å². The average Bonchev–Trinajstić information content (AvgIpc) is 3.24. The molecule has 1 fully saturated rings. The molecule has 0 unspecified atom stereocenters. The molecule has 0 radical (unpaired) electrons. The third-order valence-corrected chi connectivity index (χ3v) is 3.82. The summed E-state index contributed by atoms with van der Waals surface area (Å²) in [5.41, 5.74) is 7.96. The Morgan fingerprint density at radius 2 is 2.04 bits per heavy atom. The number of para-hydroxylation sites is 1. The smallest absolute Gasteiger partial charge is 0.239 e. The van der Waals surface area contributed by atoms with Gasteiger partial charge in [-0.1, -0.05) is 18.2 Å². The molecule has 7 heteroatoms. The highest BCUT2D eigenvalue weighted by Crippen LogP contribution is 2.19. The summed E-state index contributed by atoms with van der Waals surface area (Å²) >= 11 is 0. The fourth-order valence-electron chi connectivity index (χ4n) is 2.43. The number of benzene rings is 1. The van der Waals surface area contributed by atoms with E-state index in [0.29, 0.717) is 12.5 Å². The van der Waals surface area contributed by atoms with E-state index in [0.717, 1.165) is 29.3 Å². The quantitative estimate of drug-likeness (QED) is 0.629. The van der Waals surface area contributed by atoms with Crippen LogP contribution in [0.5, 0.6) is 0 Å². The van der Waals surface area contributed by atoms with Crippen molar-refractivity contribution in [1.29, 1.82) is 0 Å². The number of rotatable bonds is 6. The van der Waals surface area contributed by atoms with E-state index in [1.54, 1.807) is 0 Å². The molecule has 5 N–H and O–H groups in total. The third kappa shape index (κ3) is 4.46. The van der Waals surface area contributed by atoms with E-state index >= 15 is 0 Å². The molecule has 124 valence electrons. The summed E-state index contributed by atoms with van der Waals surface area (Å²) in [5.74, 6) is -0.466. The molecule has 1 aromatic carbocycles. The minimum absolute atomic E-state index is 0. The first-order valence-corrected chi connectivity index (χ1v) is 7.51. The summed E-state index contributed by atoms with van der Waals surface area (Å²) in [5, 5.41) is 6.47. The van der Waals surface area contributed by atoms with Gasteiger partial charge in [-0.15, -0.1) is 12.4 Å². The molecule has 0 spiro atoms. The fourth-order valence-corrected chi connectivity index (χ4v) is 2.43. The van der Waals surface area contributed by atoms with Crippen LogP contribution in [0.15, 0.2) is 30.5 Å². The van der Waals surface area contributed by atoms with Crippen molar-refractivity contribution in [3.63, 3.8) is 0 Å². The maximum Gasteiger partial charge on any atom is 0.239 e. The van der Waals surface area contributed by atoms with Gasteiger partial charge in [0, 0.05) is 23.1 Å².